The van der Waals surface area contributed by atoms with Crippen LogP contribution < -0.4 is 5.11 Å². The van der Waals surface area contributed by atoms with Gasteiger partial charge < -0.3 is 5.11 Å². The summed E-state index contributed by atoms with van der Waals surface area (Å²) >= 11 is 1.64. The highest BCUT2D eigenvalue weighted by Gasteiger charge is 2.10. The summed E-state index contributed by atoms with van der Waals surface area (Å²) in [7, 11) is 0. The molecule has 0 fully saturated rings. The van der Waals surface area contributed by atoms with Crippen LogP contribution in [0.25, 0.3) is 0 Å². The zero-order valence-corrected chi connectivity index (χ0v) is 7.25. The van der Waals surface area contributed by atoms with E-state index in [0.717, 1.165) is 5.56 Å². The summed E-state index contributed by atoms with van der Waals surface area (Å²) in [4.78, 5) is 0. The second-order valence-electron chi connectivity index (χ2n) is 2.59. The van der Waals surface area contributed by atoms with Crippen molar-refractivity contribution >= 4 is 23.4 Å². The Kier molecular flexibility index (Phi) is 1.91. The SMILES string of the molecule is [O-]C1=N/[N+](=C/c2ccsc2)CC1. The highest BCUT2D eigenvalue weighted by molar-refractivity contribution is 7.08. The van der Waals surface area contributed by atoms with Gasteiger partial charge in [-0.25, -0.2) is 0 Å². The second kappa shape index (κ2) is 3.06. The summed E-state index contributed by atoms with van der Waals surface area (Å²) in [5.74, 6) is -0.0264. The molecule has 0 aromatic carbocycles. The first-order valence-electron chi connectivity index (χ1n) is 3.73. The lowest BCUT2D eigenvalue weighted by Gasteiger charge is -1.89. The topological polar surface area (TPSA) is 38.4 Å². The molecule has 0 atom stereocenters. The van der Waals surface area contributed by atoms with E-state index >= 15 is 0 Å². The molecular weight excluding hydrogens is 172 g/mol. The van der Waals surface area contributed by atoms with Crippen molar-refractivity contribution in [2.45, 2.75) is 6.42 Å². The molecule has 1 aliphatic heterocycles. The van der Waals surface area contributed by atoms with Crippen LogP contribution in [-0.4, -0.2) is 23.3 Å². The molecule has 1 aromatic heterocycles. The van der Waals surface area contributed by atoms with Crippen LogP contribution in [-0.2, 0) is 0 Å². The van der Waals surface area contributed by atoms with Gasteiger partial charge in [-0.15, -0.1) is 0 Å². The zero-order valence-electron chi connectivity index (χ0n) is 6.43. The fraction of sp³-hybridized carbons (Fsp3) is 0.250. The Bertz CT molecular complexity index is 327. The van der Waals surface area contributed by atoms with Gasteiger partial charge in [0, 0.05) is 17.7 Å². The Hall–Kier alpha value is -1.16. The molecule has 1 aliphatic rings. The van der Waals surface area contributed by atoms with Gasteiger partial charge in [-0.3, -0.25) is 0 Å². The third-order valence-electron chi connectivity index (χ3n) is 1.64. The molecule has 0 bridgehead atoms. The Morgan fingerprint density at radius 2 is 2.58 bits per heavy atom. The minimum absolute atomic E-state index is 0.0264. The lowest BCUT2D eigenvalue weighted by molar-refractivity contribution is -0.519. The van der Waals surface area contributed by atoms with E-state index in [-0.39, 0.29) is 5.90 Å². The van der Waals surface area contributed by atoms with Crippen LogP contribution in [0.1, 0.15) is 12.0 Å². The monoisotopic (exact) mass is 180 g/mol. The zero-order chi connectivity index (χ0) is 8.39. The maximum Gasteiger partial charge on any atom is 0.204 e. The van der Waals surface area contributed by atoms with Crippen LogP contribution >= 0.6 is 11.3 Å². The van der Waals surface area contributed by atoms with Gasteiger partial charge in [0.25, 0.3) is 0 Å². The number of hydrazone groups is 1. The van der Waals surface area contributed by atoms with Gasteiger partial charge in [0.2, 0.25) is 6.21 Å². The van der Waals surface area contributed by atoms with Crippen LogP contribution in [0.3, 0.4) is 0 Å². The van der Waals surface area contributed by atoms with Gasteiger partial charge in [-0.05, 0) is 16.5 Å². The molecule has 0 amide bonds. The lowest BCUT2D eigenvalue weighted by atomic mass is 10.4. The first-order chi connectivity index (χ1) is 5.84. The van der Waals surface area contributed by atoms with E-state index in [1.54, 1.807) is 16.0 Å². The Morgan fingerprint density at radius 1 is 1.67 bits per heavy atom. The molecule has 2 heterocycles. The summed E-state index contributed by atoms with van der Waals surface area (Å²) in [5, 5.41) is 18.6. The third kappa shape index (κ3) is 1.53. The van der Waals surface area contributed by atoms with Crippen molar-refractivity contribution in [3.05, 3.63) is 22.4 Å². The van der Waals surface area contributed by atoms with Gasteiger partial charge in [0.1, 0.15) is 0 Å². The maximum absolute atomic E-state index is 10.8. The van der Waals surface area contributed by atoms with Crippen molar-refractivity contribution in [3.8, 4) is 0 Å². The number of hydrogen-bond acceptors (Lipinski definition) is 3. The molecule has 0 saturated heterocycles. The molecule has 0 N–H and O–H groups in total. The van der Waals surface area contributed by atoms with E-state index in [1.165, 1.54) is 0 Å². The number of hydrogen-bond donors (Lipinski definition) is 0. The lowest BCUT2D eigenvalue weighted by Crippen LogP contribution is -2.13. The third-order valence-corrected chi connectivity index (χ3v) is 2.34. The van der Waals surface area contributed by atoms with Crippen LogP contribution in [0.5, 0.6) is 0 Å². The average Bonchev–Trinajstić information content (AvgIpc) is 2.63. The molecule has 2 rings (SSSR count). The minimum Gasteiger partial charge on any atom is -0.857 e. The molecule has 0 aliphatic carbocycles. The summed E-state index contributed by atoms with van der Waals surface area (Å²) in [6.45, 7) is 0.717. The average molecular weight is 180 g/mol. The normalized spacial score (nSPS) is 20.0. The highest BCUT2D eigenvalue weighted by Crippen LogP contribution is 2.04. The van der Waals surface area contributed by atoms with Crippen LogP contribution in [0.15, 0.2) is 21.9 Å². The molecule has 4 heteroatoms. The highest BCUT2D eigenvalue weighted by atomic mass is 32.1. The number of thiophene rings is 1. The van der Waals surface area contributed by atoms with Crippen molar-refractivity contribution < 1.29 is 9.79 Å². The van der Waals surface area contributed by atoms with Crippen molar-refractivity contribution in [3.63, 3.8) is 0 Å². The molecule has 12 heavy (non-hydrogen) atoms. The predicted molar refractivity (Wildman–Crippen MR) is 46.7 cm³/mol. The van der Waals surface area contributed by atoms with Gasteiger partial charge in [0.15, 0.2) is 6.54 Å². The van der Waals surface area contributed by atoms with Crippen LogP contribution in [0.4, 0.5) is 0 Å². The van der Waals surface area contributed by atoms with E-state index in [0.29, 0.717) is 13.0 Å². The van der Waals surface area contributed by atoms with Crippen molar-refractivity contribution in [2.75, 3.05) is 6.54 Å². The predicted octanol–water partition coefficient (Wildman–Crippen LogP) is 0.257. The second-order valence-corrected chi connectivity index (χ2v) is 3.37. The van der Waals surface area contributed by atoms with Gasteiger partial charge in [-0.1, -0.05) is 4.68 Å². The smallest absolute Gasteiger partial charge is 0.204 e. The van der Waals surface area contributed by atoms with Crippen LogP contribution in [0.2, 0.25) is 0 Å². The van der Waals surface area contributed by atoms with E-state index in [1.807, 2.05) is 23.0 Å². The fourth-order valence-corrected chi connectivity index (χ4v) is 1.68. The fourth-order valence-electron chi connectivity index (χ4n) is 1.07. The molecule has 0 saturated carbocycles. The molecular formula is C8H8N2OS. The minimum atomic E-state index is -0.0264. The molecule has 0 unspecified atom stereocenters. The van der Waals surface area contributed by atoms with Crippen molar-refractivity contribution in [1.29, 1.82) is 0 Å². The summed E-state index contributed by atoms with van der Waals surface area (Å²) in [5.41, 5.74) is 1.11. The number of rotatable bonds is 1. The molecule has 0 spiro atoms. The van der Waals surface area contributed by atoms with E-state index in [2.05, 4.69) is 5.10 Å². The van der Waals surface area contributed by atoms with E-state index in [9.17, 15) is 5.11 Å². The Morgan fingerprint density at radius 3 is 3.17 bits per heavy atom. The summed E-state index contributed by atoms with van der Waals surface area (Å²) in [6.07, 6.45) is 2.43. The maximum atomic E-state index is 10.8. The van der Waals surface area contributed by atoms with E-state index in [4.69, 9.17) is 0 Å². The molecule has 62 valence electrons. The standard InChI is InChI=1S/C8H8N2OS/c11-8-1-3-10(9-8)5-7-2-4-12-6-7/h2,4-6H,1,3H2/b10-5+. The largest absolute Gasteiger partial charge is 0.857 e. The summed E-state index contributed by atoms with van der Waals surface area (Å²) in [6, 6.07) is 2.00. The van der Waals surface area contributed by atoms with Gasteiger partial charge in [-0.2, -0.15) is 11.3 Å². The summed E-state index contributed by atoms with van der Waals surface area (Å²) < 4.78 is 1.70. The Labute approximate surface area is 74.3 Å². The molecule has 0 radical (unpaired) electrons. The quantitative estimate of drug-likeness (QED) is 0.571. The van der Waals surface area contributed by atoms with Gasteiger partial charge >= 0.3 is 0 Å². The van der Waals surface area contributed by atoms with Gasteiger partial charge in [0.05, 0.1) is 5.56 Å². The van der Waals surface area contributed by atoms with Crippen LogP contribution in [0, 0.1) is 0 Å². The van der Waals surface area contributed by atoms with E-state index < -0.39 is 0 Å². The molecule has 1 aromatic rings. The Balaban J connectivity index is 2.20. The first kappa shape index (κ1) is 7.49. The first-order valence-corrected chi connectivity index (χ1v) is 4.67. The molecule has 3 nitrogen and oxygen atoms in total. The number of nitrogens with zero attached hydrogens (tertiary/aromatic N) is 2. The van der Waals surface area contributed by atoms with Crippen molar-refractivity contribution in [1.82, 2.24) is 0 Å². The van der Waals surface area contributed by atoms with Crippen molar-refractivity contribution in [2.24, 2.45) is 5.10 Å².